The second-order valence-electron chi connectivity index (χ2n) is 3.92. The first-order valence-electron chi connectivity index (χ1n) is 5.27. The maximum Gasteiger partial charge on any atom is 0.250 e. The van der Waals surface area contributed by atoms with Crippen LogP contribution >= 0.6 is 0 Å². The molecule has 0 saturated heterocycles. The summed E-state index contributed by atoms with van der Waals surface area (Å²) in [6, 6.07) is 5.63. The van der Waals surface area contributed by atoms with Gasteiger partial charge in [0.25, 0.3) is 5.91 Å². The van der Waals surface area contributed by atoms with Gasteiger partial charge in [-0.2, -0.15) is 0 Å². The molecule has 4 nitrogen and oxygen atoms in total. The molecule has 0 saturated carbocycles. The Balaban J connectivity index is 2.65. The topological polar surface area (TPSA) is 68.9 Å². The second kappa shape index (κ2) is 4.33. The number of hydrogen-bond acceptors (Lipinski definition) is 3. The van der Waals surface area contributed by atoms with E-state index in [1.165, 1.54) is 6.20 Å². The molecule has 0 aromatic carbocycles. The zero-order valence-electron chi connectivity index (χ0n) is 9.77. The van der Waals surface area contributed by atoms with Crippen LogP contribution in [0.25, 0.3) is 11.1 Å². The Labute approximate surface area is 99.5 Å². The van der Waals surface area contributed by atoms with Crippen molar-refractivity contribution in [3.05, 3.63) is 47.5 Å². The third kappa shape index (κ3) is 2.30. The predicted molar refractivity (Wildman–Crippen MR) is 65.5 cm³/mol. The lowest BCUT2D eigenvalue weighted by molar-refractivity contribution is 0.100. The lowest BCUT2D eigenvalue weighted by atomic mass is 10.0. The first-order valence-corrected chi connectivity index (χ1v) is 5.27. The summed E-state index contributed by atoms with van der Waals surface area (Å²) in [6.07, 6.45) is 3.23. The van der Waals surface area contributed by atoms with E-state index < -0.39 is 5.91 Å². The van der Waals surface area contributed by atoms with Crippen molar-refractivity contribution in [3.8, 4) is 11.1 Å². The number of aromatic nitrogens is 2. The molecule has 1 amide bonds. The molecule has 86 valence electrons. The lowest BCUT2D eigenvalue weighted by Crippen LogP contribution is -2.13. The summed E-state index contributed by atoms with van der Waals surface area (Å²) in [5.74, 6) is -0.470. The summed E-state index contributed by atoms with van der Waals surface area (Å²) in [6.45, 7) is 3.78. The highest BCUT2D eigenvalue weighted by atomic mass is 16.1. The Morgan fingerprint density at radius 2 is 1.88 bits per heavy atom. The molecular weight excluding hydrogens is 214 g/mol. The van der Waals surface area contributed by atoms with Crippen LogP contribution in [0.15, 0.2) is 30.6 Å². The molecule has 0 fully saturated rings. The molecule has 0 aliphatic rings. The summed E-state index contributed by atoms with van der Waals surface area (Å²) in [5.41, 5.74) is 9.25. The number of carbonyl (C=O) groups is 1. The Kier molecular flexibility index (Phi) is 2.87. The van der Waals surface area contributed by atoms with Gasteiger partial charge in [0, 0.05) is 23.8 Å². The van der Waals surface area contributed by atoms with E-state index in [-0.39, 0.29) is 0 Å². The summed E-state index contributed by atoms with van der Waals surface area (Å²) in [4.78, 5) is 19.6. The van der Waals surface area contributed by atoms with E-state index in [1.807, 2.05) is 32.0 Å². The highest BCUT2D eigenvalue weighted by Gasteiger charge is 2.11. The van der Waals surface area contributed by atoms with Gasteiger partial charge in [0.15, 0.2) is 0 Å². The normalized spacial score (nSPS) is 10.2. The van der Waals surface area contributed by atoms with Crippen LogP contribution in [0.2, 0.25) is 0 Å². The molecule has 2 aromatic rings. The minimum atomic E-state index is -0.470. The number of primary amides is 1. The molecule has 2 rings (SSSR count). The summed E-state index contributed by atoms with van der Waals surface area (Å²) >= 11 is 0. The maximum atomic E-state index is 11.4. The van der Waals surface area contributed by atoms with Crippen molar-refractivity contribution in [1.82, 2.24) is 9.97 Å². The number of aryl methyl sites for hydroxylation is 2. The SMILES string of the molecule is Cc1cc(-c2cc(C)ncc2C(N)=O)ccn1. The first kappa shape index (κ1) is 11.3. The van der Waals surface area contributed by atoms with Crippen molar-refractivity contribution in [1.29, 1.82) is 0 Å². The zero-order valence-corrected chi connectivity index (χ0v) is 9.77. The fourth-order valence-electron chi connectivity index (χ4n) is 1.71. The number of hydrogen-bond donors (Lipinski definition) is 1. The fraction of sp³-hybridized carbons (Fsp3) is 0.154. The maximum absolute atomic E-state index is 11.4. The smallest absolute Gasteiger partial charge is 0.250 e. The molecule has 0 radical (unpaired) electrons. The number of nitrogens with two attached hydrogens (primary N) is 1. The van der Waals surface area contributed by atoms with Crippen LogP contribution < -0.4 is 5.73 Å². The van der Waals surface area contributed by atoms with Crippen molar-refractivity contribution < 1.29 is 4.79 Å². The van der Waals surface area contributed by atoms with Crippen LogP contribution in [0.1, 0.15) is 21.7 Å². The van der Waals surface area contributed by atoms with Gasteiger partial charge >= 0.3 is 0 Å². The molecular formula is C13H13N3O. The van der Waals surface area contributed by atoms with Crippen molar-refractivity contribution in [3.63, 3.8) is 0 Å². The third-order valence-electron chi connectivity index (χ3n) is 2.51. The van der Waals surface area contributed by atoms with E-state index in [2.05, 4.69) is 9.97 Å². The monoisotopic (exact) mass is 227 g/mol. The van der Waals surface area contributed by atoms with Gasteiger partial charge in [0.05, 0.1) is 5.56 Å². The Hall–Kier alpha value is -2.23. The quantitative estimate of drug-likeness (QED) is 0.851. The third-order valence-corrected chi connectivity index (χ3v) is 2.51. The summed E-state index contributed by atoms with van der Waals surface area (Å²) < 4.78 is 0. The number of nitrogens with zero attached hydrogens (tertiary/aromatic N) is 2. The van der Waals surface area contributed by atoms with E-state index >= 15 is 0 Å². The van der Waals surface area contributed by atoms with E-state index in [9.17, 15) is 4.79 Å². The summed E-state index contributed by atoms with van der Waals surface area (Å²) in [7, 11) is 0. The van der Waals surface area contributed by atoms with E-state index in [0.29, 0.717) is 5.56 Å². The van der Waals surface area contributed by atoms with Gasteiger partial charge in [0.2, 0.25) is 0 Å². The van der Waals surface area contributed by atoms with Crippen LogP contribution in [0, 0.1) is 13.8 Å². The van der Waals surface area contributed by atoms with Crippen molar-refractivity contribution in [2.45, 2.75) is 13.8 Å². The van der Waals surface area contributed by atoms with Gasteiger partial charge in [-0.15, -0.1) is 0 Å². The Morgan fingerprint density at radius 3 is 2.53 bits per heavy atom. The minimum absolute atomic E-state index is 0.432. The standard InChI is InChI=1S/C13H13N3O/c1-8-5-10(3-4-15-8)11-6-9(2)16-7-12(11)13(14)17/h3-7H,1-2H3,(H2,14,17). The Bertz CT molecular complexity index is 579. The highest BCUT2D eigenvalue weighted by molar-refractivity contribution is 5.99. The van der Waals surface area contributed by atoms with Crippen molar-refractivity contribution >= 4 is 5.91 Å². The zero-order chi connectivity index (χ0) is 12.4. The molecule has 17 heavy (non-hydrogen) atoms. The largest absolute Gasteiger partial charge is 0.366 e. The molecule has 0 bridgehead atoms. The average Bonchev–Trinajstić information content (AvgIpc) is 2.28. The van der Waals surface area contributed by atoms with Crippen LogP contribution in [0.3, 0.4) is 0 Å². The molecule has 0 aliphatic carbocycles. The number of carbonyl (C=O) groups excluding carboxylic acids is 1. The first-order chi connectivity index (χ1) is 8.08. The van der Waals surface area contributed by atoms with Crippen LogP contribution in [0.5, 0.6) is 0 Å². The van der Waals surface area contributed by atoms with Gasteiger partial charge in [-0.3, -0.25) is 14.8 Å². The van der Waals surface area contributed by atoms with Gasteiger partial charge in [-0.05, 0) is 43.2 Å². The molecule has 2 heterocycles. The average molecular weight is 227 g/mol. The highest BCUT2D eigenvalue weighted by Crippen LogP contribution is 2.23. The molecule has 0 spiro atoms. The molecule has 2 aromatic heterocycles. The van der Waals surface area contributed by atoms with E-state index in [1.54, 1.807) is 6.20 Å². The predicted octanol–water partition coefficient (Wildman–Crippen LogP) is 1.86. The number of rotatable bonds is 2. The molecule has 2 N–H and O–H groups in total. The van der Waals surface area contributed by atoms with Crippen LogP contribution in [-0.2, 0) is 0 Å². The second-order valence-corrected chi connectivity index (χ2v) is 3.92. The summed E-state index contributed by atoms with van der Waals surface area (Å²) in [5, 5.41) is 0. The van der Waals surface area contributed by atoms with Gasteiger partial charge < -0.3 is 5.73 Å². The van der Waals surface area contributed by atoms with Gasteiger partial charge in [0.1, 0.15) is 0 Å². The molecule has 0 atom stereocenters. The number of pyridine rings is 2. The van der Waals surface area contributed by atoms with Crippen LogP contribution in [0.4, 0.5) is 0 Å². The lowest BCUT2D eigenvalue weighted by Gasteiger charge is -2.08. The van der Waals surface area contributed by atoms with Gasteiger partial charge in [-0.25, -0.2) is 0 Å². The minimum Gasteiger partial charge on any atom is -0.366 e. The fourth-order valence-corrected chi connectivity index (χ4v) is 1.71. The molecule has 4 heteroatoms. The van der Waals surface area contributed by atoms with Crippen molar-refractivity contribution in [2.24, 2.45) is 5.73 Å². The molecule has 0 aliphatic heterocycles. The van der Waals surface area contributed by atoms with E-state index in [4.69, 9.17) is 5.73 Å². The van der Waals surface area contributed by atoms with Crippen LogP contribution in [-0.4, -0.2) is 15.9 Å². The molecule has 0 unspecified atom stereocenters. The van der Waals surface area contributed by atoms with Crippen molar-refractivity contribution in [2.75, 3.05) is 0 Å². The Morgan fingerprint density at radius 1 is 1.18 bits per heavy atom. The van der Waals surface area contributed by atoms with Gasteiger partial charge in [-0.1, -0.05) is 0 Å². The number of amides is 1. The van der Waals surface area contributed by atoms with E-state index in [0.717, 1.165) is 22.5 Å².